The molecule has 1 aromatic rings. The summed E-state index contributed by atoms with van der Waals surface area (Å²) >= 11 is 0. The van der Waals surface area contributed by atoms with E-state index in [1.165, 1.54) is 6.07 Å². The van der Waals surface area contributed by atoms with Crippen molar-refractivity contribution in [2.45, 2.75) is 51.6 Å². The van der Waals surface area contributed by atoms with Crippen molar-refractivity contribution in [1.82, 2.24) is 15.6 Å². The highest BCUT2D eigenvalue weighted by molar-refractivity contribution is 6.12. The summed E-state index contributed by atoms with van der Waals surface area (Å²) in [5.41, 5.74) is -0.0499. The van der Waals surface area contributed by atoms with Crippen LogP contribution in [0.15, 0.2) is 40.0 Å². The first kappa shape index (κ1) is 19.8. The lowest BCUT2D eigenvalue weighted by Crippen LogP contribution is -2.49. The monoisotopic (exact) mass is 394 g/mol. The van der Waals surface area contributed by atoms with Crippen LogP contribution in [0.1, 0.15) is 38.8 Å². The smallest absolute Gasteiger partial charge is 0.354 e. The van der Waals surface area contributed by atoms with Gasteiger partial charge in [0.25, 0.3) is 0 Å². The number of carbonyl (C=O) groups is 1. The third kappa shape index (κ3) is 5.08. The van der Waals surface area contributed by atoms with Crippen molar-refractivity contribution in [3.63, 3.8) is 0 Å². The molecule has 10 heteroatoms. The lowest BCUT2D eigenvalue weighted by Gasteiger charge is -2.26. The summed E-state index contributed by atoms with van der Waals surface area (Å²) in [6, 6.07) is 2.40. The van der Waals surface area contributed by atoms with Crippen LogP contribution in [0.3, 0.4) is 0 Å². The molecule has 0 spiro atoms. The molecule has 0 aromatic carbocycles. The standard InChI is InChI=1S/C18H21F3N6O/c1-10(2)23-16-25-15(11-4-3-5-13(28)8-11)26-17(27-16)24-12-6-7-22-14(9-12)18(19,20)21/h6-10,17H,3-5H2,1-2H3,(H,22,24)(H2,23,25,26,27). The van der Waals surface area contributed by atoms with Crippen LogP contribution in [0.4, 0.5) is 18.9 Å². The van der Waals surface area contributed by atoms with Gasteiger partial charge in [0.1, 0.15) is 11.5 Å². The number of allylic oxidation sites excluding steroid dienone is 1. The molecule has 1 atom stereocenters. The van der Waals surface area contributed by atoms with E-state index in [4.69, 9.17) is 0 Å². The first-order valence-corrected chi connectivity index (χ1v) is 8.93. The number of amidine groups is 1. The van der Waals surface area contributed by atoms with Gasteiger partial charge in [0.15, 0.2) is 5.78 Å². The van der Waals surface area contributed by atoms with Crippen LogP contribution >= 0.6 is 0 Å². The number of aromatic nitrogens is 1. The van der Waals surface area contributed by atoms with Crippen LogP contribution in [0.5, 0.6) is 0 Å². The average Bonchev–Trinajstić information content (AvgIpc) is 2.60. The van der Waals surface area contributed by atoms with Crippen molar-refractivity contribution in [3.05, 3.63) is 35.7 Å². The lowest BCUT2D eigenvalue weighted by molar-refractivity contribution is -0.141. The van der Waals surface area contributed by atoms with Crippen LogP contribution in [-0.2, 0) is 11.0 Å². The zero-order valence-corrected chi connectivity index (χ0v) is 15.5. The zero-order valence-electron chi connectivity index (χ0n) is 15.5. The second-order valence-electron chi connectivity index (χ2n) is 6.81. The predicted octanol–water partition coefficient (Wildman–Crippen LogP) is 2.83. The number of guanidine groups is 1. The summed E-state index contributed by atoms with van der Waals surface area (Å²) in [6.45, 7) is 3.86. The van der Waals surface area contributed by atoms with Crippen molar-refractivity contribution in [2.75, 3.05) is 5.32 Å². The maximum absolute atomic E-state index is 12.9. The van der Waals surface area contributed by atoms with Crippen molar-refractivity contribution in [2.24, 2.45) is 9.98 Å². The Morgan fingerprint density at radius 1 is 1.25 bits per heavy atom. The highest BCUT2D eigenvalue weighted by Crippen LogP contribution is 2.29. The Morgan fingerprint density at radius 3 is 2.71 bits per heavy atom. The Hall–Kier alpha value is -2.91. The fourth-order valence-electron chi connectivity index (χ4n) is 2.83. The number of anilines is 1. The minimum atomic E-state index is -4.54. The molecule has 7 nitrogen and oxygen atoms in total. The Kier molecular flexibility index (Phi) is 5.66. The van der Waals surface area contributed by atoms with Gasteiger partial charge < -0.3 is 16.0 Å². The number of halogens is 3. The molecule has 3 N–H and O–H groups in total. The number of nitrogens with zero attached hydrogens (tertiary/aromatic N) is 3. The van der Waals surface area contributed by atoms with E-state index in [9.17, 15) is 18.0 Å². The molecule has 150 valence electrons. The molecule has 1 aliphatic heterocycles. The van der Waals surface area contributed by atoms with E-state index in [-0.39, 0.29) is 17.5 Å². The Morgan fingerprint density at radius 2 is 2.04 bits per heavy atom. The molecule has 2 aliphatic rings. The molecule has 0 bridgehead atoms. The molecule has 1 unspecified atom stereocenters. The predicted molar refractivity (Wildman–Crippen MR) is 99.9 cm³/mol. The van der Waals surface area contributed by atoms with E-state index in [2.05, 4.69) is 30.9 Å². The number of pyridine rings is 1. The van der Waals surface area contributed by atoms with E-state index >= 15 is 0 Å². The van der Waals surface area contributed by atoms with Crippen LogP contribution in [-0.4, -0.2) is 34.9 Å². The van der Waals surface area contributed by atoms with Crippen molar-refractivity contribution in [3.8, 4) is 0 Å². The topological polar surface area (TPSA) is 90.8 Å². The van der Waals surface area contributed by atoms with Gasteiger partial charge in [-0.2, -0.15) is 13.2 Å². The fourth-order valence-corrected chi connectivity index (χ4v) is 2.83. The van der Waals surface area contributed by atoms with Crippen molar-refractivity contribution in [1.29, 1.82) is 0 Å². The number of nitrogens with one attached hydrogen (secondary N) is 3. The summed E-state index contributed by atoms with van der Waals surface area (Å²) in [7, 11) is 0. The van der Waals surface area contributed by atoms with Gasteiger partial charge in [0.05, 0.1) is 0 Å². The van der Waals surface area contributed by atoms with Gasteiger partial charge in [-0.15, -0.1) is 0 Å². The van der Waals surface area contributed by atoms with E-state index in [0.717, 1.165) is 24.3 Å². The maximum atomic E-state index is 12.9. The van der Waals surface area contributed by atoms with Crippen molar-refractivity contribution < 1.29 is 18.0 Å². The Bertz CT molecular complexity index is 844. The summed E-state index contributed by atoms with van der Waals surface area (Å²) in [4.78, 5) is 23.9. The highest BCUT2D eigenvalue weighted by Gasteiger charge is 2.32. The lowest BCUT2D eigenvalue weighted by atomic mass is 9.97. The van der Waals surface area contributed by atoms with Gasteiger partial charge >= 0.3 is 6.18 Å². The maximum Gasteiger partial charge on any atom is 0.433 e. The van der Waals surface area contributed by atoms with E-state index < -0.39 is 18.2 Å². The Balaban J connectivity index is 1.87. The quantitative estimate of drug-likeness (QED) is 0.731. The number of alkyl halides is 3. The van der Waals surface area contributed by atoms with Gasteiger partial charge in [0, 0.05) is 24.3 Å². The summed E-state index contributed by atoms with van der Waals surface area (Å²) in [5.74, 6) is 0.940. The summed E-state index contributed by atoms with van der Waals surface area (Å²) in [5, 5.41) is 9.06. The molecule has 28 heavy (non-hydrogen) atoms. The molecule has 1 aromatic heterocycles. The normalized spacial score (nSPS) is 20.1. The van der Waals surface area contributed by atoms with E-state index in [1.54, 1.807) is 6.08 Å². The molecule has 0 radical (unpaired) electrons. The number of ketones is 1. The minimum absolute atomic E-state index is 0.0279. The number of hydrogen-bond donors (Lipinski definition) is 3. The average molecular weight is 394 g/mol. The first-order chi connectivity index (χ1) is 13.2. The van der Waals surface area contributed by atoms with Crippen LogP contribution in [0.25, 0.3) is 0 Å². The van der Waals surface area contributed by atoms with E-state index in [0.29, 0.717) is 24.6 Å². The largest absolute Gasteiger partial charge is 0.433 e. The minimum Gasteiger partial charge on any atom is -0.354 e. The number of hydrogen-bond acceptors (Lipinski definition) is 7. The zero-order chi connectivity index (χ0) is 20.3. The fraction of sp³-hybridized carbons (Fsp3) is 0.444. The third-order valence-electron chi connectivity index (χ3n) is 4.02. The molecule has 3 rings (SSSR count). The molecule has 1 aliphatic carbocycles. The molecular formula is C18H21F3N6O. The SMILES string of the molecule is CC(C)NC1=NC(Nc2ccnc(C(F)(F)F)c2)N=C(C2=CC(=O)CCC2)N1. The number of carbonyl (C=O) groups excluding carboxylic acids is 1. The van der Waals surface area contributed by atoms with Gasteiger partial charge in [-0.3, -0.25) is 9.78 Å². The van der Waals surface area contributed by atoms with E-state index in [1.807, 2.05) is 13.8 Å². The van der Waals surface area contributed by atoms with Gasteiger partial charge in [0.2, 0.25) is 12.2 Å². The number of aliphatic imine (C=N–C) groups is 2. The molecule has 2 heterocycles. The van der Waals surface area contributed by atoms with Crippen molar-refractivity contribution >= 4 is 23.3 Å². The summed E-state index contributed by atoms with van der Waals surface area (Å²) < 4.78 is 38.7. The Labute approximate surface area is 160 Å². The van der Waals surface area contributed by atoms with Gasteiger partial charge in [-0.25, -0.2) is 9.98 Å². The first-order valence-electron chi connectivity index (χ1n) is 8.93. The highest BCUT2D eigenvalue weighted by atomic mass is 19.4. The second kappa shape index (κ2) is 7.99. The van der Waals surface area contributed by atoms with Crippen LogP contribution in [0.2, 0.25) is 0 Å². The molecule has 0 saturated heterocycles. The summed E-state index contributed by atoms with van der Waals surface area (Å²) in [6.07, 6.45) is -0.838. The molecular weight excluding hydrogens is 373 g/mol. The van der Waals surface area contributed by atoms with Gasteiger partial charge in [-0.1, -0.05) is 0 Å². The van der Waals surface area contributed by atoms with Gasteiger partial charge in [-0.05, 0) is 50.5 Å². The second-order valence-corrected chi connectivity index (χ2v) is 6.81. The van der Waals surface area contributed by atoms with Crippen LogP contribution < -0.4 is 16.0 Å². The van der Waals surface area contributed by atoms with Crippen LogP contribution in [0, 0.1) is 0 Å². The molecule has 0 fully saturated rings. The third-order valence-corrected chi connectivity index (χ3v) is 4.02. The molecule has 0 amide bonds. The number of rotatable bonds is 4. The molecule has 0 saturated carbocycles.